The molecule has 2 aromatic rings. The van der Waals surface area contributed by atoms with Crippen molar-refractivity contribution in [3.8, 4) is 0 Å². The molecule has 1 aliphatic rings. The predicted molar refractivity (Wildman–Crippen MR) is 105 cm³/mol. The smallest absolute Gasteiger partial charge is 0.367 e. The fourth-order valence-corrected chi connectivity index (χ4v) is 5.76. The zero-order valence-corrected chi connectivity index (χ0v) is 18.5. The number of ether oxygens (including phenoxy) is 2. The van der Waals surface area contributed by atoms with E-state index < -0.39 is 27.9 Å². The van der Waals surface area contributed by atoms with Gasteiger partial charge in [-0.1, -0.05) is 5.16 Å². The molecule has 0 N–H and O–H groups in total. The molecule has 0 spiro atoms. The van der Waals surface area contributed by atoms with Crippen LogP contribution in [0, 0.1) is 19.8 Å². The number of hydrogen-bond acceptors (Lipinski definition) is 10. The standard InChI is InChI=1S/C18H23N3O7S2/c1-4-26-18(23)16-19-14(10-29-16)9-27-17(22)13-6-5-7-21(8-13)30(24,25)15-11(2)20-28-12(15)3/h10,13H,4-9H2,1-3H3. The molecule has 1 fully saturated rings. The van der Waals surface area contributed by atoms with E-state index in [1.54, 1.807) is 26.2 Å². The van der Waals surface area contributed by atoms with Crippen LogP contribution in [0.25, 0.3) is 0 Å². The second-order valence-corrected chi connectivity index (χ2v) is 9.56. The molecule has 10 nitrogen and oxygen atoms in total. The number of aryl methyl sites for hydroxylation is 2. The lowest BCUT2D eigenvalue weighted by atomic mass is 10.00. The Bertz CT molecular complexity index is 1010. The number of esters is 2. The summed E-state index contributed by atoms with van der Waals surface area (Å²) in [5, 5.41) is 5.52. The van der Waals surface area contributed by atoms with Crippen molar-refractivity contribution in [2.45, 2.75) is 45.1 Å². The first-order chi connectivity index (χ1) is 14.2. The molecule has 0 amide bonds. The molecular weight excluding hydrogens is 434 g/mol. The van der Waals surface area contributed by atoms with Gasteiger partial charge in [-0.05, 0) is 33.6 Å². The molecule has 0 bridgehead atoms. The Balaban J connectivity index is 1.61. The monoisotopic (exact) mass is 457 g/mol. The van der Waals surface area contributed by atoms with Gasteiger partial charge in [-0.3, -0.25) is 4.79 Å². The number of carbonyl (C=O) groups is 2. The average molecular weight is 458 g/mol. The highest BCUT2D eigenvalue weighted by molar-refractivity contribution is 7.89. The van der Waals surface area contributed by atoms with Gasteiger partial charge in [-0.25, -0.2) is 18.2 Å². The maximum absolute atomic E-state index is 13.0. The summed E-state index contributed by atoms with van der Waals surface area (Å²) >= 11 is 1.11. The first-order valence-corrected chi connectivity index (χ1v) is 11.8. The highest BCUT2D eigenvalue weighted by Crippen LogP contribution is 2.28. The summed E-state index contributed by atoms with van der Waals surface area (Å²) in [7, 11) is -3.82. The normalized spacial score (nSPS) is 17.6. The zero-order chi connectivity index (χ0) is 21.9. The molecule has 0 aromatic carbocycles. The Kier molecular flexibility index (Phi) is 6.88. The molecule has 1 unspecified atom stereocenters. The summed E-state index contributed by atoms with van der Waals surface area (Å²) in [6.07, 6.45) is 1.06. The summed E-state index contributed by atoms with van der Waals surface area (Å²) in [5.41, 5.74) is 0.727. The van der Waals surface area contributed by atoms with Crippen LogP contribution in [0.15, 0.2) is 14.8 Å². The van der Waals surface area contributed by atoms with E-state index in [-0.39, 0.29) is 41.1 Å². The highest BCUT2D eigenvalue weighted by Gasteiger charge is 2.37. The van der Waals surface area contributed by atoms with E-state index in [4.69, 9.17) is 14.0 Å². The van der Waals surface area contributed by atoms with Crippen LogP contribution < -0.4 is 0 Å². The van der Waals surface area contributed by atoms with Crippen LogP contribution >= 0.6 is 11.3 Å². The van der Waals surface area contributed by atoms with E-state index in [1.807, 2.05) is 0 Å². The Morgan fingerprint density at radius 2 is 2.10 bits per heavy atom. The molecule has 3 rings (SSSR count). The van der Waals surface area contributed by atoms with Crippen molar-refractivity contribution in [2.24, 2.45) is 5.92 Å². The van der Waals surface area contributed by atoms with E-state index in [0.717, 1.165) is 11.3 Å². The molecule has 164 valence electrons. The third-order valence-electron chi connectivity index (χ3n) is 4.65. The number of rotatable bonds is 7. The number of sulfonamides is 1. The summed E-state index contributed by atoms with van der Waals surface area (Å²) in [4.78, 5) is 28.3. The number of thiazole rings is 1. The SMILES string of the molecule is CCOC(=O)c1nc(COC(=O)C2CCCN(S(=O)(=O)c3c(C)noc3C)C2)cs1. The quantitative estimate of drug-likeness (QED) is 0.574. The van der Waals surface area contributed by atoms with Crippen LogP contribution in [0.1, 0.15) is 46.7 Å². The van der Waals surface area contributed by atoms with Gasteiger partial charge in [-0.2, -0.15) is 4.31 Å². The van der Waals surface area contributed by atoms with Crippen molar-refractivity contribution in [3.63, 3.8) is 0 Å². The molecule has 12 heteroatoms. The van der Waals surface area contributed by atoms with E-state index in [1.165, 1.54) is 4.31 Å². The van der Waals surface area contributed by atoms with Crippen molar-refractivity contribution < 1.29 is 32.0 Å². The summed E-state index contributed by atoms with van der Waals surface area (Å²) < 4.78 is 42.4. The number of carbonyl (C=O) groups excluding carboxylic acids is 2. The van der Waals surface area contributed by atoms with Gasteiger partial charge in [0.25, 0.3) is 0 Å². The predicted octanol–water partition coefficient (Wildman–Crippen LogP) is 2.07. The molecule has 2 aromatic heterocycles. The van der Waals surface area contributed by atoms with Crippen LogP contribution in [0.2, 0.25) is 0 Å². The van der Waals surface area contributed by atoms with E-state index in [2.05, 4.69) is 10.1 Å². The molecule has 1 atom stereocenters. The Labute approximate surface area is 178 Å². The third-order valence-corrected chi connectivity index (χ3v) is 7.63. The molecule has 0 saturated carbocycles. The van der Waals surface area contributed by atoms with Gasteiger partial charge in [0.05, 0.1) is 18.2 Å². The van der Waals surface area contributed by atoms with Crippen molar-refractivity contribution in [1.82, 2.24) is 14.4 Å². The van der Waals surface area contributed by atoms with Gasteiger partial charge in [0, 0.05) is 18.5 Å². The van der Waals surface area contributed by atoms with Gasteiger partial charge in [0.15, 0.2) is 5.76 Å². The molecule has 1 aliphatic heterocycles. The molecular formula is C18H23N3O7S2. The minimum absolute atomic E-state index is 0.0242. The van der Waals surface area contributed by atoms with Gasteiger partial charge in [-0.15, -0.1) is 11.3 Å². The van der Waals surface area contributed by atoms with Gasteiger partial charge < -0.3 is 14.0 Å². The highest BCUT2D eigenvalue weighted by atomic mass is 32.2. The molecule has 0 radical (unpaired) electrons. The minimum Gasteiger partial charge on any atom is -0.461 e. The zero-order valence-electron chi connectivity index (χ0n) is 16.9. The van der Waals surface area contributed by atoms with E-state index in [9.17, 15) is 18.0 Å². The first kappa shape index (κ1) is 22.4. The summed E-state index contributed by atoms with van der Waals surface area (Å²) in [6.45, 7) is 5.30. The van der Waals surface area contributed by atoms with Crippen LogP contribution in [-0.2, 0) is 30.9 Å². The van der Waals surface area contributed by atoms with Crippen LogP contribution in [0.5, 0.6) is 0 Å². The van der Waals surface area contributed by atoms with Crippen molar-refractivity contribution in [1.29, 1.82) is 0 Å². The fraction of sp³-hybridized carbons (Fsp3) is 0.556. The lowest BCUT2D eigenvalue weighted by Crippen LogP contribution is -2.43. The first-order valence-electron chi connectivity index (χ1n) is 9.45. The lowest BCUT2D eigenvalue weighted by Gasteiger charge is -2.30. The maximum Gasteiger partial charge on any atom is 0.367 e. The van der Waals surface area contributed by atoms with Crippen molar-refractivity contribution in [2.75, 3.05) is 19.7 Å². The van der Waals surface area contributed by atoms with Crippen molar-refractivity contribution >= 4 is 33.3 Å². The van der Waals surface area contributed by atoms with E-state index >= 15 is 0 Å². The fourth-order valence-electron chi connectivity index (χ4n) is 3.25. The average Bonchev–Trinajstić information content (AvgIpc) is 3.33. The molecule has 1 saturated heterocycles. The van der Waals surface area contributed by atoms with Crippen LogP contribution in [-0.4, -0.2) is 54.5 Å². The number of hydrogen-bond donors (Lipinski definition) is 0. The molecule has 0 aliphatic carbocycles. The third kappa shape index (κ3) is 4.71. The second-order valence-electron chi connectivity index (χ2n) is 6.83. The summed E-state index contributed by atoms with van der Waals surface area (Å²) in [5.74, 6) is -1.39. The Morgan fingerprint density at radius 3 is 2.77 bits per heavy atom. The number of aromatic nitrogens is 2. The van der Waals surface area contributed by atoms with Crippen LogP contribution in [0.3, 0.4) is 0 Å². The van der Waals surface area contributed by atoms with Crippen molar-refractivity contribution in [3.05, 3.63) is 27.5 Å². The van der Waals surface area contributed by atoms with Gasteiger partial charge in [0.2, 0.25) is 15.0 Å². The van der Waals surface area contributed by atoms with Gasteiger partial charge in [0.1, 0.15) is 17.2 Å². The number of piperidine rings is 1. The van der Waals surface area contributed by atoms with Gasteiger partial charge >= 0.3 is 11.9 Å². The number of nitrogens with zero attached hydrogens (tertiary/aromatic N) is 3. The van der Waals surface area contributed by atoms with Crippen LogP contribution in [0.4, 0.5) is 0 Å². The molecule has 3 heterocycles. The summed E-state index contributed by atoms with van der Waals surface area (Å²) in [6, 6.07) is 0. The second kappa shape index (κ2) is 9.23. The lowest BCUT2D eigenvalue weighted by molar-refractivity contribution is -0.151. The maximum atomic E-state index is 13.0. The molecule has 30 heavy (non-hydrogen) atoms. The Morgan fingerprint density at radius 1 is 1.33 bits per heavy atom. The minimum atomic E-state index is -3.82. The topological polar surface area (TPSA) is 129 Å². The largest absolute Gasteiger partial charge is 0.461 e. The van der Waals surface area contributed by atoms with E-state index in [0.29, 0.717) is 25.1 Å². The Hall–Kier alpha value is -2.31.